The number of amides is 1. The molecule has 4 heteroatoms. The number of benzene rings is 1. The second-order valence-corrected chi connectivity index (χ2v) is 7.18. The topological polar surface area (TPSA) is 37.3 Å². The van der Waals surface area contributed by atoms with Crippen molar-refractivity contribution in [1.82, 2.24) is 14.8 Å². The summed E-state index contributed by atoms with van der Waals surface area (Å²) in [5.41, 5.74) is 5.14. The lowest BCUT2D eigenvalue weighted by Crippen LogP contribution is -2.46. The molecule has 128 valence electrons. The van der Waals surface area contributed by atoms with Crippen LogP contribution in [0.4, 0.5) is 0 Å². The fourth-order valence-corrected chi connectivity index (χ4v) is 4.52. The number of nitrogens with one attached hydrogen (secondary N) is 1. The molecule has 1 aliphatic heterocycles. The van der Waals surface area contributed by atoms with Crippen LogP contribution in [0.15, 0.2) is 18.2 Å². The van der Waals surface area contributed by atoms with Crippen LogP contribution >= 0.6 is 0 Å². The third-order valence-corrected chi connectivity index (χ3v) is 5.71. The summed E-state index contributed by atoms with van der Waals surface area (Å²) >= 11 is 0. The number of rotatable bonds is 2. The van der Waals surface area contributed by atoms with Gasteiger partial charge in [-0.2, -0.15) is 0 Å². The summed E-state index contributed by atoms with van der Waals surface area (Å²) in [6.07, 6.45) is 3.68. The van der Waals surface area contributed by atoms with Crippen molar-refractivity contribution in [2.45, 2.75) is 45.6 Å². The normalized spacial score (nSPS) is 21.1. The maximum absolute atomic E-state index is 12.8. The van der Waals surface area contributed by atoms with Gasteiger partial charge < -0.3 is 14.8 Å². The van der Waals surface area contributed by atoms with Crippen LogP contribution in [-0.4, -0.2) is 41.6 Å². The highest BCUT2D eigenvalue weighted by Gasteiger charge is 2.25. The Morgan fingerprint density at radius 3 is 2.83 bits per heavy atom. The molecule has 2 aliphatic rings. The predicted molar refractivity (Wildman–Crippen MR) is 97.7 cm³/mol. The van der Waals surface area contributed by atoms with Crippen molar-refractivity contribution in [2.24, 2.45) is 0 Å². The van der Waals surface area contributed by atoms with Crippen LogP contribution in [0.5, 0.6) is 0 Å². The third-order valence-electron chi connectivity index (χ3n) is 5.71. The molecule has 24 heavy (non-hydrogen) atoms. The number of hydrogen-bond acceptors (Lipinski definition) is 2. The van der Waals surface area contributed by atoms with Gasteiger partial charge in [-0.3, -0.25) is 4.79 Å². The third kappa shape index (κ3) is 2.44. The highest BCUT2D eigenvalue weighted by atomic mass is 16.2. The lowest BCUT2D eigenvalue weighted by Gasteiger charge is -2.27. The van der Waals surface area contributed by atoms with Crippen molar-refractivity contribution in [3.05, 3.63) is 35.0 Å². The molecule has 1 aromatic heterocycles. The molecule has 0 radical (unpaired) electrons. The minimum atomic E-state index is 0.181. The molecule has 2 aromatic rings. The standard InChI is InChI=1S/C20H27N3O/c1-3-23-18-8-7-15(20(24)22-11-9-21-10-12-22)13-17(18)16-6-4-5-14(2)19(16)23/h7-8,13-14,21H,3-6,9-12H2,1-2H3. The van der Waals surface area contributed by atoms with E-state index in [1.54, 1.807) is 0 Å². The smallest absolute Gasteiger partial charge is 0.253 e. The van der Waals surface area contributed by atoms with Crippen LogP contribution in [-0.2, 0) is 13.0 Å². The van der Waals surface area contributed by atoms with E-state index >= 15 is 0 Å². The molecular formula is C20H27N3O. The molecule has 1 atom stereocenters. The number of aryl methyl sites for hydroxylation is 2. The SMILES string of the molecule is CCn1c2c(c3cc(C(=O)N4CCNCC4)ccc31)CCCC2C. The first-order valence-electron chi connectivity index (χ1n) is 9.35. The van der Waals surface area contributed by atoms with Crippen LogP contribution < -0.4 is 5.32 Å². The van der Waals surface area contributed by atoms with Crippen molar-refractivity contribution < 1.29 is 4.79 Å². The molecule has 0 spiro atoms. The molecule has 0 saturated carbocycles. The largest absolute Gasteiger partial charge is 0.344 e. The van der Waals surface area contributed by atoms with Gasteiger partial charge in [0.25, 0.3) is 5.91 Å². The summed E-state index contributed by atoms with van der Waals surface area (Å²) in [6, 6.07) is 6.34. The molecule has 2 heterocycles. The molecule has 4 nitrogen and oxygen atoms in total. The van der Waals surface area contributed by atoms with Gasteiger partial charge in [0.2, 0.25) is 0 Å². The first kappa shape index (κ1) is 15.7. The highest BCUT2D eigenvalue weighted by Crippen LogP contribution is 2.38. The first-order valence-corrected chi connectivity index (χ1v) is 9.35. The fraction of sp³-hybridized carbons (Fsp3) is 0.550. The van der Waals surface area contributed by atoms with E-state index in [1.165, 1.54) is 35.0 Å². The van der Waals surface area contributed by atoms with Crippen molar-refractivity contribution >= 4 is 16.8 Å². The highest BCUT2D eigenvalue weighted by molar-refractivity contribution is 5.99. The number of carbonyl (C=O) groups is 1. The zero-order valence-electron chi connectivity index (χ0n) is 14.8. The fourth-order valence-electron chi connectivity index (χ4n) is 4.52. The molecule has 1 aliphatic carbocycles. The molecule has 4 rings (SSSR count). The quantitative estimate of drug-likeness (QED) is 0.921. The zero-order chi connectivity index (χ0) is 16.7. The van der Waals surface area contributed by atoms with Crippen LogP contribution in [0, 0.1) is 0 Å². The Balaban J connectivity index is 1.79. The Bertz CT molecular complexity index is 771. The monoisotopic (exact) mass is 325 g/mol. The van der Waals surface area contributed by atoms with Crippen molar-refractivity contribution in [2.75, 3.05) is 26.2 Å². The van der Waals surface area contributed by atoms with Crippen molar-refractivity contribution in [1.29, 1.82) is 0 Å². The van der Waals surface area contributed by atoms with E-state index in [-0.39, 0.29) is 5.91 Å². The van der Waals surface area contributed by atoms with E-state index in [1.807, 2.05) is 11.0 Å². The van der Waals surface area contributed by atoms with Gasteiger partial charge in [-0.1, -0.05) is 6.92 Å². The maximum atomic E-state index is 12.8. The molecule has 1 fully saturated rings. The Morgan fingerprint density at radius 1 is 1.29 bits per heavy atom. The molecule has 1 aromatic carbocycles. The van der Waals surface area contributed by atoms with Gasteiger partial charge in [0.1, 0.15) is 0 Å². The molecular weight excluding hydrogens is 298 g/mol. The van der Waals surface area contributed by atoms with Gasteiger partial charge in [-0.25, -0.2) is 0 Å². The molecule has 1 amide bonds. The van der Waals surface area contributed by atoms with Crippen molar-refractivity contribution in [3.63, 3.8) is 0 Å². The van der Waals surface area contributed by atoms with Gasteiger partial charge in [0, 0.05) is 54.9 Å². The van der Waals surface area contributed by atoms with Gasteiger partial charge in [0.15, 0.2) is 0 Å². The maximum Gasteiger partial charge on any atom is 0.253 e. The van der Waals surface area contributed by atoms with Gasteiger partial charge >= 0.3 is 0 Å². The lowest BCUT2D eigenvalue weighted by molar-refractivity contribution is 0.0736. The summed E-state index contributed by atoms with van der Waals surface area (Å²) < 4.78 is 2.47. The van der Waals surface area contributed by atoms with E-state index in [4.69, 9.17) is 0 Å². The lowest BCUT2D eigenvalue weighted by atomic mass is 9.87. The minimum Gasteiger partial charge on any atom is -0.344 e. The number of fused-ring (bicyclic) bond motifs is 3. The van der Waals surface area contributed by atoms with E-state index in [2.05, 4.69) is 35.9 Å². The second kappa shape index (κ2) is 6.25. The van der Waals surface area contributed by atoms with E-state index in [0.29, 0.717) is 5.92 Å². The van der Waals surface area contributed by atoms with Crippen LogP contribution in [0.2, 0.25) is 0 Å². The zero-order valence-corrected chi connectivity index (χ0v) is 14.8. The molecule has 0 bridgehead atoms. The number of hydrogen-bond donors (Lipinski definition) is 1. The van der Waals surface area contributed by atoms with Crippen LogP contribution in [0.3, 0.4) is 0 Å². The number of nitrogens with zero attached hydrogens (tertiary/aromatic N) is 2. The van der Waals surface area contributed by atoms with E-state index in [9.17, 15) is 4.79 Å². The molecule has 1 saturated heterocycles. The van der Waals surface area contributed by atoms with Gasteiger partial charge in [-0.05, 0) is 55.9 Å². The predicted octanol–water partition coefficient (Wildman–Crippen LogP) is 3.15. The van der Waals surface area contributed by atoms with Crippen LogP contribution in [0.25, 0.3) is 10.9 Å². The molecule has 1 N–H and O–H groups in total. The first-order chi connectivity index (χ1) is 11.7. The Labute approximate surface area is 143 Å². The molecule has 1 unspecified atom stereocenters. The van der Waals surface area contributed by atoms with Gasteiger partial charge in [-0.15, -0.1) is 0 Å². The van der Waals surface area contributed by atoms with E-state index in [0.717, 1.165) is 44.7 Å². The average Bonchev–Trinajstić information content (AvgIpc) is 2.96. The number of piperazine rings is 1. The van der Waals surface area contributed by atoms with Crippen LogP contribution in [0.1, 0.15) is 54.2 Å². The summed E-state index contributed by atoms with van der Waals surface area (Å²) in [7, 11) is 0. The summed E-state index contributed by atoms with van der Waals surface area (Å²) in [5, 5.41) is 4.62. The number of aromatic nitrogens is 1. The summed E-state index contributed by atoms with van der Waals surface area (Å²) in [4.78, 5) is 14.8. The van der Waals surface area contributed by atoms with Crippen molar-refractivity contribution in [3.8, 4) is 0 Å². The summed E-state index contributed by atoms with van der Waals surface area (Å²) in [6.45, 7) is 8.97. The Kier molecular flexibility index (Phi) is 4.09. The minimum absolute atomic E-state index is 0.181. The second-order valence-electron chi connectivity index (χ2n) is 7.18. The average molecular weight is 325 g/mol. The number of carbonyl (C=O) groups excluding carboxylic acids is 1. The Morgan fingerprint density at radius 2 is 2.08 bits per heavy atom. The van der Waals surface area contributed by atoms with Gasteiger partial charge in [0.05, 0.1) is 0 Å². The Hall–Kier alpha value is -1.81. The van der Waals surface area contributed by atoms with E-state index < -0.39 is 0 Å². The summed E-state index contributed by atoms with van der Waals surface area (Å²) in [5.74, 6) is 0.800.